The minimum absolute atomic E-state index is 0.0424. The average Bonchev–Trinajstić information content (AvgIpc) is 2.37. The highest BCUT2D eigenvalue weighted by molar-refractivity contribution is 9.10. The third-order valence-electron chi connectivity index (χ3n) is 2.32. The van der Waals surface area contributed by atoms with E-state index in [9.17, 15) is 9.18 Å². The van der Waals surface area contributed by atoms with Gasteiger partial charge in [0.15, 0.2) is 11.6 Å². The van der Waals surface area contributed by atoms with E-state index in [2.05, 4.69) is 31.9 Å². The smallest absolute Gasteiger partial charge is 0.336 e. The highest BCUT2D eigenvalue weighted by atomic mass is 79.9. The summed E-state index contributed by atoms with van der Waals surface area (Å²) in [4.78, 5) is 10.8. The van der Waals surface area contributed by atoms with Gasteiger partial charge < -0.3 is 9.84 Å². The molecule has 0 aliphatic carbocycles. The van der Waals surface area contributed by atoms with Crippen LogP contribution in [0.15, 0.2) is 45.3 Å². The van der Waals surface area contributed by atoms with Gasteiger partial charge in [-0.15, -0.1) is 0 Å². The Morgan fingerprint density at radius 1 is 1.11 bits per heavy atom. The molecule has 0 bridgehead atoms. The van der Waals surface area contributed by atoms with Crippen LogP contribution in [0.3, 0.4) is 0 Å². The Morgan fingerprint density at radius 3 is 2.32 bits per heavy atom. The quantitative estimate of drug-likeness (QED) is 0.816. The lowest BCUT2D eigenvalue weighted by atomic mass is 10.2. The Balaban J connectivity index is 2.34. The lowest BCUT2D eigenvalue weighted by molar-refractivity contribution is 0.0695. The van der Waals surface area contributed by atoms with Crippen LogP contribution < -0.4 is 4.74 Å². The number of aromatic carboxylic acids is 1. The van der Waals surface area contributed by atoms with Crippen LogP contribution in [0.2, 0.25) is 0 Å². The normalized spacial score (nSPS) is 10.3. The molecule has 0 saturated heterocycles. The van der Waals surface area contributed by atoms with Crippen molar-refractivity contribution in [3.63, 3.8) is 0 Å². The summed E-state index contributed by atoms with van der Waals surface area (Å²) >= 11 is 6.19. The summed E-state index contributed by atoms with van der Waals surface area (Å²) in [5, 5.41) is 8.86. The third kappa shape index (κ3) is 3.13. The first kappa shape index (κ1) is 14.0. The zero-order chi connectivity index (χ0) is 14.0. The minimum atomic E-state index is -1.21. The zero-order valence-corrected chi connectivity index (χ0v) is 12.5. The van der Waals surface area contributed by atoms with Gasteiger partial charge in [-0.1, -0.05) is 15.9 Å². The first-order chi connectivity index (χ1) is 8.99. The van der Waals surface area contributed by atoms with Crippen molar-refractivity contribution in [2.45, 2.75) is 0 Å². The van der Waals surface area contributed by atoms with Crippen molar-refractivity contribution >= 4 is 37.8 Å². The molecule has 2 aromatic rings. The maximum Gasteiger partial charge on any atom is 0.336 e. The molecule has 0 amide bonds. The second kappa shape index (κ2) is 5.71. The lowest BCUT2D eigenvalue weighted by Gasteiger charge is -2.09. The van der Waals surface area contributed by atoms with Gasteiger partial charge in [0.2, 0.25) is 0 Å². The maximum absolute atomic E-state index is 13.9. The van der Waals surface area contributed by atoms with Crippen LogP contribution in [0.4, 0.5) is 4.39 Å². The van der Waals surface area contributed by atoms with Crippen molar-refractivity contribution in [2.24, 2.45) is 0 Å². The van der Waals surface area contributed by atoms with Crippen LogP contribution in [-0.4, -0.2) is 11.1 Å². The average molecular weight is 390 g/mol. The molecule has 2 aromatic carbocycles. The Hall–Kier alpha value is -1.40. The molecule has 0 fully saturated rings. The van der Waals surface area contributed by atoms with Crippen molar-refractivity contribution in [1.82, 2.24) is 0 Å². The van der Waals surface area contributed by atoms with Crippen LogP contribution in [0.1, 0.15) is 10.4 Å². The van der Waals surface area contributed by atoms with E-state index in [-0.39, 0.29) is 15.8 Å². The standard InChI is InChI=1S/C13H7Br2FO3/c14-7-1-3-8(4-2-7)19-10-6-5-9(13(17)18)11(15)12(10)16/h1-6H,(H,17,18). The summed E-state index contributed by atoms with van der Waals surface area (Å²) in [6.07, 6.45) is 0. The van der Waals surface area contributed by atoms with Gasteiger partial charge >= 0.3 is 5.97 Å². The molecule has 98 valence electrons. The molecule has 3 nitrogen and oxygen atoms in total. The molecule has 1 N–H and O–H groups in total. The lowest BCUT2D eigenvalue weighted by Crippen LogP contribution is -2.00. The van der Waals surface area contributed by atoms with Crippen LogP contribution in [0, 0.1) is 5.82 Å². The molecule has 0 saturated carbocycles. The number of carboxylic acids is 1. The predicted octanol–water partition coefficient (Wildman–Crippen LogP) is 4.84. The van der Waals surface area contributed by atoms with E-state index < -0.39 is 11.8 Å². The second-order valence-electron chi connectivity index (χ2n) is 3.60. The van der Waals surface area contributed by atoms with Gasteiger partial charge in [-0.25, -0.2) is 9.18 Å². The number of benzene rings is 2. The number of rotatable bonds is 3. The number of carboxylic acid groups (broad SMARTS) is 1. The highest BCUT2D eigenvalue weighted by Crippen LogP contribution is 2.32. The topological polar surface area (TPSA) is 46.5 Å². The summed E-state index contributed by atoms with van der Waals surface area (Å²) < 4.78 is 20.1. The molecular weight excluding hydrogens is 383 g/mol. The van der Waals surface area contributed by atoms with E-state index in [0.717, 1.165) is 4.47 Å². The molecule has 6 heteroatoms. The largest absolute Gasteiger partial charge is 0.478 e. The van der Waals surface area contributed by atoms with Gasteiger partial charge in [0.05, 0.1) is 10.0 Å². The Kier molecular flexibility index (Phi) is 4.21. The molecular formula is C13H7Br2FO3. The molecule has 0 atom stereocenters. The molecule has 0 unspecified atom stereocenters. The monoisotopic (exact) mass is 388 g/mol. The fraction of sp³-hybridized carbons (Fsp3) is 0. The highest BCUT2D eigenvalue weighted by Gasteiger charge is 2.17. The third-order valence-corrected chi connectivity index (χ3v) is 3.62. The molecule has 0 aliphatic heterocycles. The predicted molar refractivity (Wildman–Crippen MR) is 75.3 cm³/mol. The molecule has 0 radical (unpaired) electrons. The first-order valence-corrected chi connectivity index (χ1v) is 6.72. The second-order valence-corrected chi connectivity index (χ2v) is 5.31. The van der Waals surface area contributed by atoms with Gasteiger partial charge in [0.25, 0.3) is 0 Å². The van der Waals surface area contributed by atoms with Crippen molar-refractivity contribution in [3.8, 4) is 11.5 Å². The molecule has 2 rings (SSSR count). The van der Waals surface area contributed by atoms with Crippen molar-refractivity contribution in [1.29, 1.82) is 0 Å². The van der Waals surface area contributed by atoms with E-state index >= 15 is 0 Å². The van der Waals surface area contributed by atoms with Crippen LogP contribution >= 0.6 is 31.9 Å². The Bertz CT molecular complexity index is 627. The number of hydrogen-bond acceptors (Lipinski definition) is 2. The van der Waals surface area contributed by atoms with Crippen LogP contribution in [-0.2, 0) is 0 Å². The van der Waals surface area contributed by atoms with E-state index in [0.29, 0.717) is 5.75 Å². The summed E-state index contributed by atoms with van der Waals surface area (Å²) in [5.41, 5.74) is -0.152. The number of hydrogen-bond donors (Lipinski definition) is 1. The van der Waals surface area contributed by atoms with Gasteiger partial charge in [-0.2, -0.15) is 0 Å². The molecule has 0 heterocycles. The number of ether oxygens (including phenoxy) is 1. The summed E-state index contributed by atoms with van der Waals surface area (Å²) in [6.45, 7) is 0. The summed E-state index contributed by atoms with van der Waals surface area (Å²) in [7, 11) is 0. The van der Waals surface area contributed by atoms with E-state index in [1.807, 2.05) is 0 Å². The summed E-state index contributed by atoms with van der Waals surface area (Å²) in [5.74, 6) is -1.54. The van der Waals surface area contributed by atoms with Crippen LogP contribution in [0.25, 0.3) is 0 Å². The minimum Gasteiger partial charge on any atom is -0.478 e. The SMILES string of the molecule is O=C(O)c1ccc(Oc2ccc(Br)cc2)c(F)c1Br. The molecule has 0 aliphatic rings. The van der Waals surface area contributed by atoms with E-state index in [1.54, 1.807) is 24.3 Å². The fourth-order valence-electron chi connectivity index (χ4n) is 1.41. The fourth-order valence-corrected chi connectivity index (χ4v) is 2.17. The molecule has 0 spiro atoms. The Labute approximate surface area is 125 Å². The van der Waals surface area contributed by atoms with Crippen molar-refractivity contribution < 1.29 is 19.0 Å². The maximum atomic E-state index is 13.9. The molecule has 0 aromatic heterocycles. The Morgan fingerprint density at radius 2 is 1.74 bits per heavy atom. The van der Waals surface area contributed by atoms with Gasteiger partial charge in [0, 0.05) is 4.47 Å². The van der Waals surface area contributed by atoms with E-state index in [4.69, 9.17) is 9.84 Å². The first-order valence-electron chi connectivity index (χ1n) is 5.13. The van der Waals surface area contributed by atoms with Gasteiger partial charge in [-0.3, -0.25) is 0 Å². The number of halogens is 3. The summed E-state index contributed by atoms with van der Waals surface area (Å²) in [6, 6.07) is 9.42. The van der Waals surface area contributed by atoms with Gasteiger partial charge in [0.1, 0.15) is 5.75 Å². The van der Waals surface area contributed by atoms with Crippen molar-refractivity contribution in [3.05, 3.63) is 56.7 Å². The molecule has 19 heavy (non-hydrogen) atoms. The van der Waals surface area contributed by atoms with E-state index in [1.165, 1.54) is 12.1 Å². The van der Waals surface area contributed by atoms with Crippen molar-refractivity contribution in [2.75, 3.05) is 0 Å². The van der Waals surface area contributed by atoms with Gasteiger partial charge in [-0.05, 0) is 52.3 Å². The van der Waals surface area contributed by atoms with Crippen LogP contribution in [0.5, 0.6) is 11.5 Å². The number of carbonyl (C=O) groups is 1. The zero-order valence-electron chi connectivity index (χ0n) is 9.36.